The number of nitrogens with zero attached hydrogens (tertiary/aromatic N) is 1. The van der Waals surface area contributed by atoms with Gasteiger partial charge in [0.05, 0.1) is 5.09 Å². The summed E-state index contributed by atoms with van der Waals surface area (Å²) in [7, 11) is 0. The van der Waals surface area contributed by atoms with Crippen LogP contribution in [0, 0.1) is 15.3 Å². The Kier molecular flexibility index (Phi) is 43900. The number of rotatable bonds is 0. The van der Waals surface area contributed by atoms with E-state index in [1.165, 1.54) is 0 Å². The first-order valence-corrected chi connectivity index (χ1v) is 0.548. The molecule has 0 amide bonds. The third-order valence-corrected chi connectivity index (χ3v) is 0. The zero-order chi connectivity index (χ0) is 3.58. The van der Waals surface area contributed by atoms with E-state index in [1.807, 2.05) is 0 Å². The van der Waals surface area contributed by atoms with Crippen molar-refractivity contribution >= 4 is 0 Å². The Bertz CT molecular complexity index is 28.4. The Labute approximate surface area is 87.5 Å². The van der Waals surface area contributed by atoms with Crippen molar-refractivity contribution in [1.29, 1.82) is 0 Å². The van der Waals surface area contributed by atoms with Crippen LogP contribution in [-0.4, -0.2) is 70.8 Å². The van der Waals surface area contributed by atoms with Gasteiger partial charge in [-0.2, -0.15) is 0 Å². The van der Waals surface area contributed by atoms with Crippen LogP contribution in [0.1, 0.15) is 0 Å². The summed E-state index contributed by atoms with van der Waals surface area (Å²) < 4.78 is 0. The van der Waals surface area contributed by atoms with E-state index in [0.29, 0.717) is 0 Å². The molecule has 0 unspecified atom stereocenters. The molecule has 0 aliphatic carbocycles. The fraction of sp³-hybridized carbons (Fsp3) is 0. The highest BCUT2D eigenvalue weighted by atomic mass is 16.9. The molecule has 120 valence electrons. The van der Waals surface area contributed by atoms with E-state index in [4.69, 9.17) is 15.3 Å². The summed E-state index contributed by atoms with van der Waals surface area (Å²) in [5.41, 5.74) is 0. The van der Waals surface area contributed by atoms with Gasteiger partial charge in [-0.1, -0.05) is 0 Å². The van der Waals surface area contributed by atoms with Gasteiger partial charge in [-0.25, -0.2) is 0 Å². The minimum absolute atomic E-state index is 0. The first kappa shape index (κ1) is 937. The van der Waals surface area contributed by atoms with E-state index >= 15 is 0 Å². The van der Waals surface area contributed by atoms with Gasteiger partial charge in [-0.05, 0) is 0 Å². The highest BCUT2D eigenvalue weighted by molar-refractivity contribution is 4.03. The van der Waals surface area contributed by atoms with Gasteiger partial charge in [-0.3, -0.25) is 0 Å². The van der Waals surface area contributed by atoms with Crippen LogP contribution in [0.15, 0.2) is 0 Å². The maximum absolute atomic E-state index is 8.25. The monoisotopic (exact) mass is 278 g/mol. The van der Waals surface area contributed by atoms with Gasteiger partial charge in [0.1, 0.15) is 0 Å². The molecule has 0 aromatic rings. The second-order valence-electron chi connectivity index (χ2n) is 0.224. The van der Waals surface area contributed by atoms with Gasteiger partial charge in [0.25, 0.3) is 0 Å². The largest absolute Gasteiger partial charge is 0.412 e. The van der Waals surface area contributed by atoms with Crippen LogP contribution < -0.4 is 0 Å². The highest BCUT2D eigenvalue weighted by Gasteiger charge is 1.45. The van der Waals surface area contributed by atoms with Crippen molar-refractivity contribution in [2.45, 2.75) is 0 Å². The van der Waals surface area contributed by atoms with Crippen LogP contribution in [0.3, 0.4) is 0 Å². The van der Waals surface area contributed by atoms with Gasteiger partial charge in [0.2, 0.25) is 0 Å². The number of hydrogen-bond acceptors (Lipinski definition) is 3. The molecule has 24 N–H and O–H groups in total. The van der Waals surface area contributed by atoms with Crippen molar-refractivity contribution in [3.63, 3.8) is 0 Å². The summed E-state index contributed by atoms with van der Waals surface area (Å²) in [6.45, 7) is 0. The summed E-state index contributed by atoms with van der Waals surface area (Å²) in [6.07, 6.45) is 0. The van der Waals surface area contributed by atoms with E-state index in [2.05, 4.69) is 0 Å². The molecule has 0 fully saturated rings. The van der Waals surface area contributed by atoms with Crippen LogP contribution in [-0.2, 0) is 0 Å². The molecule has 0 bridgehead atoms. The maximum atomic E-state index is 8.25. The van der Waals surface area contributed by atoms with Gasteiger partial charge in [0.15, 0.2) is 0 Å². The van der Waals surface area contributed by atoms with Crippen LogP contribution in [0.2, 0.25) is 0 Å². The molecule has 0 atom stereocenters. The first-order chi connectivity index (χ1) is 1.73. The predicted octanol–water partition coefficient (Wildman–Crippen LogP) is -10.1. The van der Waals surface area contributed by atoms with Crippen LogP contribution >= 0.6 is 0 Å². The molecule has 0 rings (SSSR count). The second-order valence-corrected chi connectivity index (χ2v) is 0.224. The van der Waals surface area contributed by atoms with Crippen LogP contribution in [0.4, 0.5) is 0 Å². The number of hydrogen-bond donors (Lipinski definition) is 0. The Hall–Kier alpha value is -1.28. The molecule has 0 aliphatic rings. The van der Waals surface area contributed by atoms with Crippen molar-refractivity contribution in [1.82, 2.24) is 0 Å². The molecule has 0 aromatic heterocycles. The molecule has 0 heterocycles. The minimum Gasteiger partial charge on any atom is -0.412 e. The van der Waals surface area contributed by atoms with E-state index in [1.54, 1.807) is 0 Å². The molecule has 16 heavy (non-hydrogen) atoms. The Balaban J connectivity index is -0.000000000682. The molecular formula is H24NO15-. The average Bonchev–Trinajstić information content (AvgIpc) is 0.811. The zero-order valence-electron chi connectivity index (χ0n) is 7.67. The molecule has 16 heteroatoms. The Morgan fingerprint density at radius 3 is 0.438 bits per heavy atom. The van der Waals surface area contributed by atoms with Gasteiger partial charge >= 0.3 is 0 Å². The van der Waals surface area contributed by atoms with E-state index in [0.717, 1.165) is 0 Å². The van der Waals surface area contributed by atoms with Gasteiger partial charge < -0.3 is 81.0 Å². The standard InChI is InChI=1S/NO3.12H2O/c2-1(3)4;;;;;;;;;;;;/h;12*1H2/q-1;;;;;;;;;;;;. The molecular weight excluding hydrogens is 254 g/mol. The Morgan fingerprint density at radius 2 is 0.438 bits per heavy atom. The molecule has 0 saturated heterocycles. The SMILES string of the molecule is O.O.O.O.O.O.O.O.O.O.O.O.O=[N+]([O-])[O-]. The molecule has 0 radical (unpaired) electrons. The second kappa shape index (κ2) is 750. The van der Waals surface area contributed by atoms with Gasteiger partial charge in [0, 0.05) is 0 Å². The third-order valence-electron chi connectivity index (χ3n) is 0. The van der Waals surface area contributed by atoms with E-state index < -0.39 is 5.09 Å². The van der Waals surface area contributed by atoms with Crippen molar-refractivity contribution in [2.24, 2.45) is 0 Å². The summed E-state index contributed by atoms with van der Waals surface area (Å²) in [6, 6.07) is 0. The fourth-order valence-corrected chi connectivity index (χ4v) is 0. The van der Waals surface area contributed by atoms with Crippen LogP contribution in [0.25, 0.3) is 0 Å². The van der Waals surface area contributed by atoms with Crippen molar-refractivity contribution < 1.29 is 70.8 Å². The lowest BCUT2D eigenvalue weighted by molar-refractivity contribution is -0.402. The average molecular weight is 278 g/mol. The summed E-state index contributed by atoms with van der Waals surface area (Å²) >= 11 is 0. The Morgan fingerprint density at radius 1 is 0.438 bits per heavy atom. The lowest BCUT2D eigenvalue weighted by atomic mass is 13.1. The summed E-state index contributed by atoms with van der Waals surface area (Å²) in [4.78, 5) is 8.25. The van der Waals surface area contributed by atoms with Crippen molar-refractivity contribution in [3.05, 3.63) is 15.3 Å². The third kappa shape index (κ3) is 1070. The molecule has 16 nitrogen and oxygen atoms in total. The normalized spacial score (nSPS) is 1.50. The first-order valence-electron chi connectivity index (χ1n) is 0.548. The maximum Gasteiger partial charge on any atom is 0.0689 e. The highest BCUT2D eigenvalue weighted by Crippen LogP contribution is 1.44. The van der Waals surface area contributed by atoms with Crippen molar-refractivity contribution in [2.75, 3.05) is 0 Å². The van der Waals surface area contributed by atoms with Crippen molar-refractivity contribution in [3.8, 4) is 0 Å². The quantitative estimate of drug-likeness (QED) is 0.307. The lowest BCUT2D eigenvalue weighted by Crippen LogP contribution is -1.74. The minimum atomic E-state index is -1.75. The predicted molar refractivity (Wildman–Crippen MR) is 53.7 cm³/mol. The smallest absolute Gasteiger partial charge is 0.0689 e. The fourth-order valence-electron chi connectivity index (χ4n) is 0. The van der Waals surface area contributed by atoms with Gasteiger partial charge in [-0.15, -0.1) is 0 Å². The summed E-state index contributed by atoms with van der Waals surface area (Å²) in [5, 5.41) is 14.8. The molecule has 0 spiro atoms. The molecule has 0 aliphatic heterocycles. The molecule has 0 aromatic carbocycles. The lowest BCUT2D eigenvalue weighted by Gasteiger charge is -1.74. The zero-order valence-corrected chi connectivity index (χ0v) is 7.67. The molecule has 0 saturated carbocycles. The topological polar surface area (TPSA) is 444 Å². The van der Waals surface area contributed by atoms with E-state index in [9.17, 15) is 0 Å². The van der Waals surface area contributed by atoms with Crippen LogP contribution in [0.5, 0.6) is 0 Å². The summed E-state index contributed by atoms with van der Waals surface area (Å²) in [5.74, 6) is 0. The van der Waals surface area contributed by atoms with E-state index in [-0.39, 0.29) is 65.7 Å².